The fraction of sp³-hybridized carbons (Fsp3) is 0.267. The first kappa shape index (κ1) is 14.5. The van der Waals surface area contributed by atoms with Crippen molar-refractivity contribution in [2.24, 2.45) is 0 Å². The third-order valence-corrected chi connectivity index (χ3v) is 5.06. The Bertz CT molecular complexity index is 682. The smallest absolute Gasteiger partial charge is 0.178 e. The summed E-state index contributed by atoms with van der Waals surface area (Å²) < 4.78 is 24.6. The second-order valence-electron chi connectivity index (χ2n) is 4.77. The summed E-state index contributed by atoms with van der Waals surface area (Å²) in [5.74, 6) is 0.105. The second kappa shape index (κ2) is 6.05. The molecule has 1 heterocycles. The third kappa shape index (κ3) is 3.57. The zero-order valence-electron chi connectivity index (χ0n) is 11.4. The Morgan fingerprint density at radius 1 is 1.20 bits per heavy atom. The Balaban J connectivity index is 2.06. The number of hydrogen-bond donors (Lipinski definition) is 1. The summed E-state index contributed by atoms with van der Waals surface area (Å²) in [6, 6.07) is 10.6. The minimum atomic E-state index is -3.29. The highest BCUT2D eigenvalue weighted by Gasteiger charge is 2.17. The van der Waals surface area contributed by atoms with Gasteiger partial charge in [0.15, 0.2) is 9.84 Å². The Morgan fingerprint density at radius 2 is 2.00 bits per heavy atom. The number of anilines is 1. The molecule has 0 saturated heterocycles. The summed E-state index contributed by atoms with van der Waals surface area (Å²) in [7, 11) is -3.29. The van der Waals surface area contributed by atoms with Crippen molar-refractivity contribution in [2.75, 3.05) is 11.5 Å². The maximum atomic E-state index is 12.3. The minimum Gasteiger partial charge on any atom is -0.399 e. The molecule has 2 aromatic rings. The van der Waals surface area contributed by atoms with Gasteiger partial charge in [0.1, 0.15) is 0 Å². The fourth-order valence-corrected chi connectivity index (χ4v) is 3.67. The van der Waals surface area contributed by atoms with E-state index in [1.807, 2.05) is 18.2 Å². The van der Waals surface area contributed by atoms with Crippen molar-refractivity contribution in [2.45, 2.75) is 24.7 Å². The van der Waals surface area contributed by atoms with Crippen LogP contribution in [0.1, 0.15) is 17.7 Å². The number of nitrogen functional groups attached to an aromatic ring is 1. The van der Waals surface area contributed by atoms with Gasteiger partial charge in [0.25, 0.3) is 0 Å². The van der Waals surface area contributed by atoms with E-state index in [0.29, 0.717) is 23.4 Å². The van der Waals surface area contributed by atoms with E-state index < -0.39 is 9.84 Å². The molecule has 106 valence electrons. The predicted octanol–water partition coefficient (Wildman–Crippen LogP) is 2.38. The number of sulfone groups is 1. The fourth-order valence-electron chi connectivity index (χ4n) is 2.05. The molecule has 0 saturated carbocycles. The van der Waals surface area contributed by atoms with Crippen molar-refractivity contribution in [3.8, 4) is 0 Å². The molecule has 4 nitrogen and oxygen atoms in total. The Morgan fingerprint density at radius 3 is 2.70 bits per heavy atom. The zero-order valence-corrected chi connectivity index (χ0v) is 12.2. The normalized spacial score (nSPS) is 11.4. The van der Waals surface area contributed by atoms with Gasteiger partial charge in [-0.2, -0.15) is 0 Å². The van der Waals surface area contributed by atoms with Gasteiger partial charge in [0.05, 0.1) is 10.6 Å². The van der Waals surface area contributed by atoms with E-state index >= 15 is 0 Å². The third-order valence-electron chi connectivity index (χ3n) is 3.12. The van der Waals surface area contributed by atoms with Gasteiger partial charge in [-0.3, -0.25) is 4.98 Å². The quantitative estimate of drug-likeness (QED) is 0.858. The van der Waals surface area contributed by atoms with Crippen LogP contribution < -0.4 is 5.73 Å². The molecular weight excluding hydrogens is 272 g/mol. The standard InChI is InChI=1S/C15H18N2O2S/c1-12-7-8-13(16)11-15(12)20(18,19)10-4-6-14-5-2-3-9-17-14/h2-3,5,7-9,11H,4,6,10,16H2,1H3. The highest BCUT2D eigenvalue weighted by molar-refractivity contribution is 7.91. The highest BCUT2D eigenvalue weighted by atomic mass is 32.2. The molecule has 0 aliphatic heterocycles. The molecule has 0 unspecified atom stereocenters. The van der Waals surface area contributed by atoms with Crippen LogP contribution in [0.25, 0.3) is 0 Å². The average Bonchev–Trinajstić information content (AvgIpc) is 2.42. The van der Waals surface area contributed by atoms with E-state index in [2.05, 4.69) is 4.98 Å². The van der Waals surface area contributed by atoms with Crippen LogP contribution in [0.15, 0.2) is 47.5 Å². The van der Waals surface area contributed by atoms with Crippen LogP contribution in [0.3, 0.4) is 0 Å². The zero-order chi connectivity index (χ0) is 14.6. The van der Waals surface area contributed by atoms with E-state index in [-0.39, 0.29) is 5.75 Å². The topological polar surface area (TPSA) is 73.1 Å². The van der Waals surface area contributed by atoms with Gasteiger partial charge >= 0.3 is 0 Å². The van der Waals surface area contributed by atoms with Gasteiger partial charge in [-0.1, -0.05) is 12.1 Å². The molecule has 1 aromatic carbocycles. The molecule has 0 aliphatic rings. The minimum absolute atomic E-state index is 0.105. The Hall–Kier alpha value is -1.88. The number of hydrogen-bond acceptors (Lipinski definition) is 4. The lowest BCUT2D eigenvalue weighted by Crippen LogP contribution is -2.10. The number of pyridine rings is 1. The van der Waals surface area contributed by atoms with Crippen molar-refractivity contribution in [3.05, 3.63) is 53.9 Å². The molecule has 5 heteroatoms. The van der Waals surface area contributed by atoms with Crippen LogP contribution in [0.2, 0.25) is 0 Å². The molecular formula is C15H18N2O2S. The van der Waals surface area contributed by atoms with E-state index in [4.69, 9.17) is 5.73 Å². The van der Waals surface area contributed by atoms with Crippen molar-refractivity contribution < 1.29 is 8.42 Å². The number of aryl methyl sites for hydroxylation is 2. The number of benzene rings is 1. The molecule has 0 fully saturated rings. The van der Waals surface area contributed by atoms with Crippen LogP contribution in [-0.4, -0.2) is 19.2 Å². The summed E-state index contributed by atoms with van der Waals surface area (Å²) in [6.07, 6.45) is 2.92. The van der Waals surface area contributed by atoms with Gasteiger partial charge in [-0.25, -0.2) is 8.42 Å². The lowest BCUT2D eigenvalue weighted by Gasteiger charge is -2.08. The summed E-state index contributed by atoms with van der Waals surface area (Å²) in [5, 5.41) is 0. The van der Waals surface area contributed by atoms with Crippen molar-refractivity contribution in [1.82, 2.24) is 4.98 Å². The molecule has 0 radical (unpaired) electrons. The van der Waals surface area contributed by atoms with Gasteiger partial charge in [-0.05, 0) is 49.6 Å². The second-order valence-corrected chi connectivity index (χ2v) is 6.85. The van der Waals surface area contributed by atoms with Crippen LogP contribution in [-0.2, 0) is 16.3 Å². The SMILES string of the molecule is Cc1ccc(N)cc1S(=O)(=O)CCCc1ccccn1. The van der Waals surface area contributed by atoms with Crippen LogP contribution in [0.5, 0.6) is 0 Å². The molecule has 20 heavy (non-hydrogen) atoms. The molecule has 0 spiro atoms. The maximum absolute atomic E-state index is 12.3. The molecule has 1 aromatic heterocycles. The van der Waals surface area contributed by atoms with Crippen molar-refractivity contribution in [3.63, 3.8) is 0 Å². The van der Waals surface area contributed by atoms with Gasteiger partial charge < -0.3 is 5.73 Å². The average molecular weight is 290 g/mol. The molecule has 0 aliphatic carbocycles. The van der Waals surface area contributed by atoms with Crippen LogP contribution in [0, 0.1) is 6.92 Å². The Kier molecular flexibility index (Phi) is 4.39. The first-order valence-electron chi connectivity index (χ1n) is 6.48. The van der Waals surface area contributed by atoms with Crippen LogP contribution >= 0.6 is 0 Å². The van der Waals surface area contributed by atoms with E-state index in [1.54, 1.807) is 25.3 Å². The van der Waals surface area contributed by atoms with E-state index in [1.165, 1.54) is 6.07 Å². The van der Waals surface area contributed by atoms with Gasteiger partial charge in [-0.15, -0.1) is 0 Å². The van der Waals surface area contributed by atoms with E-state index in [0.717, 1.165) is 11.3 Å². The summed E-state index contributed by atoms with van der Waals surface area (Å²) >= 11 is 0. The first-order valence-corrected chi connectivity index (χ1v) is 8.13. The summed E-state index contributed by atoms with van der Waals surface area (Å²) in [6.45, 7) is 1.78. The molecule has 2 N–H and O–H groups in total. The van der Waals surface area contributed by atoms with Crippen LogP contribution in [0.4, 0.5) is 5.69 Å². The lowest BCUT2D eigenvalue weighted by molar-refractivity contribution is 0.592. The molecule has 0 amide bonds. The molecule has 0 atom stereocenters. The maximum Gasteiger partial charge on any atom is 0.178 e. The number of nitrogens with zero attached hydrogens (tertiary/aromatic N) is 1. The monoisotopic (exact) mass is 290 g/mol. The number of rotatable bonds is 5. The summed E-state index contributed by atoms with van der Waals surface area (Å²) in [5.41, 5.74) is 7.78. The van der Waals surface area contributed by atoms with Gasteiger partial charge in [0.2, 0.25) is 0 Å². The lowest BCUT2D eigenvalue weighted by atomic mass is 10.2. The largest absolute Gasteiger partial charge is 0.399 e. The van der Waals surface area contributed by atoms with Crippen molar-refractivity contribution in [1.29, 1.82) is 0 Å². The van der Waals surface area contributed by atoms with Gasteiger partial charge in [0, 0.05) is 17.6 Å². The first-order chi connectivity index (χ1) is 9.49. The van der Waals surface area contributed by atoms with E-state index in [9.17, 15) is 8.42 Å². The molecule has 0 bridgehead atoms. The predicted molar refractivity (Wildman–Crippen MR) is 80.2 cm³/mol. The number of aromatic nitrogens is 1. The Labute approximate surface area is 119 Å². The molecule has 2 rings (SSSR count). The number of nitrogens with two attached hydrogens (primary N) is 1. The van der Waals surface area contributed by atoms with Crippen molar-refractivity contribution >= 4 is 15.5 Å². The summed E-state index contributed by atoms with van der Waals surface area (Å²) in [4.78, 5) is 4.52. The highest BCUT2D eigenvalue weighted by Crippen LogP contribution is 2.20.